The van der Waals surface area contributed by atoms with Crippen molar-refractivity contribution in [3.8, 4) is 61.7 Å². The molecule has 0 atom stereocenters. The predicted octanol–water partition coefficient (Wildman–Crippen LogP) is 14.2. The average molecular weight is 726 g/mol. The number of rotatable bonds is 6. The molecule has 266 valence electrons. The van der Waals surface area contributed by atoms with Crippen LogP contribution in [0.5, 0.6) is 0 Å². The van der Waals surface area contributed by atoms with Crippen LogP contribution in [-0.2, 0) is 0 Å². The molecule has 0 unspecified atom stereocenters. The Morgan fingerprint density at radius 2 is 0.877 bits per heavy atom. The van der Waals surface area contributed by atoms with E-state index in [-0.39, 0.29) is 0 Å². The maximum absolute atomic E-state index is 5.07. The minimum Gasteiger partial charge on any atom is -0.292 e. The van der Waals surface area contributed by atoms with Gasteiger partial charge in [0.15, 0.2) is 0 Å². The number of imidazole rings is 1. The summed E-state index contributed by atoms with van der Waals surface area (Å²) < 4.78 is 2.27. The topological polar surface area (TPSA) is 30.7 Å². The molecule has 0 saturated carbocycles. The smallest absolute Gasteiger partial charge is 0.145 e. The molecule has 0 fully saturated rings. The first-order valence-electron chi connectivity index (χ1n) is 19.4. The van der Waals surface area contributed by atoms with E-state index in [1.54, 1.807) is 0 Å². The molecule has 2 aromatic heterocycles. The fourth-order valence-corrected chi connectivity index (χ4v) is 8.50. The second-order valence-corrected chi connectivity index (χ2v) is 14.6. The molecular weight excluding hydrogens is 691 g/mol. The quantitative estimate of drug-likeness (QED) is 0.160. The van der Waals surface area contributed by atoms with Crippen molar-refractivity contribution in [3.63, 3.8) is 0 Å². The van der Waals surface area contributed by atoms with Gasteiger partial charge in [0.1, 0.15) is 5.82 Å². The SMILES string of the molecule is c1ccc(-c2ccc(-c3ccc(-c4cc5cc(-c6ccc(-n7c(-c8ccccc8)nc8ccccc87)cc6)c6ccccc6c5c5ccccc45)cn3)cc2)cc1. The number of hydrogen-bond donors (Lipinski definition) is 0. The highest BCUT2D eigenvalue weighted by atomic mass is 15.1. The van der Waals surface area contributed by atoms with Crippen LogP contribution >= 0.6 is 0 Å². The van der Waals surface area contributed by atoms with Gasteiger partial charge in [0, 0.05) is 28.6 Å². The number of hydrogen-bond acceptors (Lipinski definition) is 2. The zero-order chi connectivity index (χ0) is 37.7. The van der Waals surface area contributed by atoms with Gasteiger partial charge < -0.3 is 0 Å². The van der Waals surface area contributed by atoms with E-state index in [9.17, 15) is 0 Å². The van der Waals surface area contributed by atoms with E-state index in [0.717, 1.165) is 44.9 Å². The van der Waals surface area contributed by atoms with E-state index in [1.165, 1.54) is 60.1 Å². The fourth-order valence-electron chi connectivity index (χ4n) is 8.50. The number of aromatic nitrogens is 3. The van der Waals surface area contributed by atoms with Gasteiger partial charge in [-0.1, -0.05) is 164 Å². The van der Waals surface area contributed by atoms with Crippen LogP contribution in [0.15, 0.2) is 212 Å². The van der Waals surface area contributed by atoms with E-state index >= 15 is 0 Å². The molecule has 0 bridgehead atoms. The van der Waals surface area contributed by atoms with Crippen LogP contribution in [0.1, 0.15) is 0 Å². The molecule has 0 aliphatic heterocycles. The molecule has 0 radical (unpaired) electrons. The first-order valence-corrected chi connectivity index (χ1v) is 19.4. The van der Waals surface area contributed by atoms with Crippen molar-refractivity contribution < 1.29 is 0 Å². The molecule has 0 amide bonds. The van der Waals surface area contributed by atoms with E-state index in [2.05, 4.69) is 199 Å². The number of pyridine rings is 1. The number of nitrogens with zero attached hydrogens (tertiary/aromatic N) is 3. The van der Waals surface area contributed by atoms with Crippen LogP contribution in [0, 0.1) is 0 Å². The average Bonchev–Trinajstić information content (AvgIpc) is 3.69. The Balaban J connectivity index is 1.02. The summed E-state index contributed by atoms with van der Waals surface area (Å²) in [4.78, 5) is 10.1. The summed E-state index contributed by atoms with van der Waals surface area (Å²) in [6.07, 6.45) is 2.03. The van der Waals surface area contributed by atoms with Crippen molar-refractivity contribution in [3.05, 3.63) is 212 Å². The largest absolute Gasteiger partial charge is 0.292 e. The molecule has 11 aromatic rings. The zero-order valence-electron chi connectivity index (χ0n) is 31.0. The molecular formula is C54H35N3. The van der Waals surface area contributed by atoms with Crippen LogP contribution in [0.2, 0.25) is 0 Å². The molecule has 3 nitrogen and oxygen atoms in total. The van der Waals surface area contributed by atoms with Crippen molar-refractivity contribution in [1.29, 1.82) is 0 Å². The van der Waals surface area contributed by atoms with Crippen molar-refractivity contribution in [1.82, 2.24) is 14.5 Å². The minimum absolute atomic E-state index is 0.934. The van der Waals surface area contributed by atoms with Gasteiger partial charge in [-0.15, -0.1) is 0 Å². The summed E-state index contributed by atoms with van der Waals surface area (Å²) in [5, 5.41) is 7.41. The third kappa shape index (κ3) is 5.68. The zero-order valence-corrected chi connectivity index (χ0v) is 31.0. The normalized spacial score (nSPS) is 11.5. The van der Waals surface area contributed by atoms with E-state index in [0.29, 0.717) is 0 Å². The first-order chi connectivity index (χ1) is 28.3. The summed E-state index contributed by atoms with van der Waals surface area (Å²) >= 11 is 0. The second-order valence-electron chi connectivity index (χ2n) is 14.6. The van der Waals surface area contributed by atoms with Gasteiger partial charge in [0.2, 0.25) is 0 Å². The predicted molar refractivity (Wildman–Crippen MR) is 239 cm³/mol. The van der Waals surface area contributed by atoms with E-state index in [4.69, 9.17) is 9.97 Å². The highest BCUT2D eigenvalue weighted by molar-refractivity contribution is 6.25. The maximum Gasteiger partial charge on any atom is 0.145 e. The molecule has 0 aliphatic rings. The Kier molecular flexibility index (Phi) is 7.82. The van der Waals surface area contributed by atoms with Crippen molar-refractivity contribution in [2.24, 2.45) is 0 Å². The second kappa shape index (κ2) is 13.6. The summed E-state index contributed by atoms with van der Waals surface area (Å²) in [7, 11) is 0. The van der Waals surface area contributed by atoms with E-state index in [1.807, 2.05) is 18.3 Å². The number of para-hydroxylation sites is 2. The number of benzene rings is 9. The highest BCUT2D eigenvalue weighted by Crippen LogP contribution is 2.42. The summed E-state index contributed by atoms with van der Waals surface area (Å²) in [6, 6.07) is 73.6. The Hall–Kier alpha value is -7.62. The minimum atomic E-state index is 0.934. The summed E-state index contributed by atoms with van der Waals surface area (Å²) in [5.74, 6) is 0.934. The van der Waals surface area contributed by atoms with Crippen LogP contribution in [0.4, 0.5) is 0 Å². The Morgan fingerprint density at radius 3 is 1.53 bits per heavy atom. The lowest BCUT2D eigenvalue weighted by atomic mass is 9.88. The van der Waals surface area contributed by atoms with Crippen LogP contribution < -0.4 is 0 Å². The Labute approximate surface area is 330 Å². The molecule has 3 heteroatoms. The van der Waals surface area contributed by atoms with Crippen molar-refractivity contribution >= 4 is 43.4 Å². The molecule has 0 N–H and O–H groups in total. The van der Waals surface area contributed by atoms with Crippen molar-refractivity contribution in [2.45, 2.75) is 0 Å². The molecule has 2 heterocycles. The number of fused-ring (bicyclic) bond motifs is 6. The fraction of sp³-hybridized carbons (Fsp3) is 0. The van der Waals surface area contributed by atoms with Gasteiger partial charge in [0.25, 0.3) is 0 Å². The molecule has 0 spiro atoms. The van der Waals surface area contributed by atoms with Gasteiger partial charge >= 0.3 is 0 Å². The Morgan fingerprint density at radius 1 is 0.368 bits per heavy atom. The Bertz CT molecular complexity index is 3240. The molecule has 0 aliphatic carbocycles. The lowest BCUT2D eigenvalue weighted by Gasteiger charge is -2.16. The van der Waals surface area contributed by atoms with Gasteiger partial charge in [-0.25, -0.2) is 4.98 Å². The molecule has 11 rings (SSSR count). The molecule has 9 aromatic carbocycles. The van der Waals surface area contributed by atoms with Gasteiger partial charge in [-0.3, -0.25) is 9.55 Å². The first kappa shape index (κ1) is 32.8. The van der Waals surface area contributed by atoms with Crippen LogP contribution in [0.25, 0.3) is 105 Å². The van der Waals surface area contributed by atoms with Gasteiger partial charge in [-0.2, -0.15) is 0 Å². The lowest BCUT2D eigenvalue weighted by Crippen LogP contribution is -1.97. The van der Waals surface area contributed by atoms with Crippen molar-refractivity contribution in [2.75, 3.05) is 0 Å². The summed E-state index contributed by atoms with van der Waals surface area (Å²) in [5.41, 5.74) is 13.3. The monoisotopic (exact) mass is 725 g/mol. The third-order valence-corrected chi connectivity index (χ3v) is 11.3. The van der Waals surface area contributed by atoms with Gasteiger partial charge in [-0.05, 0) is 103 Å². The standard InChI is InChI=1S/C54H35N3/c1-3-13-36(14-4-1)37-23-25-39(26-24-37)50-32-29-41(35-55-50)49-34-42-33-48(44-17-7-9-19-46(44)53(42)47-20-10-8-18-45(47)49)38-27-30-43(31-28-38)57-52-22-12-11-21-51(52)56-54(57)40-15-5-2-6-16-40/h1-35H. The highest BCUT2D eigenvalue weighted by Gasteiger charge is 2.17. The lowest BCUT2D eigenvalue weighted by molar-refractivity contribution is 1.10. The van der Waals surface area contributed by atoms with Gasteiger partial charge in [0.05, 0.1) is 16.7 Å². The molecule has 57 heavy (non-hydrogen) atoms. The van der Waals surface area contributed by atoms with Crippen LogP contribution in [-0.4, -0.2) is 14.5 Å². The third-order valence-electron chi connectivity index (χ3n) is 11.3. The van der Waals surface area contributed by atoms with E-state index < -0.39 is 0 Å². The van der Waals surface area contributed by atoms with Crippen LogP contribution in [0.3, 0.4) is 0 Å². The maximum atomic E-state index is 5.07. The summed E-state index contributed by atoms with van der Waals surface area (Å²) in [6.45, 7) is 0. The molecule has 0 saturated heterocycles.